The predicted octanol–water partition coefficient (Wildman–Crippen LogP) is -0.166. The van der Waals surface area contributed by atoms with E-state index in [0.717, 1.165) is 13.0 Å². The Labute approximate surface area is 153 Å². The Hall–Kier alpha value is -1.68. The Balaban J connectivity index is 0.00000312. The van der Waals surface area contributed by atoms with E-state index in [2.05, 4.69) is 10.6 Å². The SMILES string of the molecule is CNCCCNC(=O)C1CC(=O)N(c2cccc(S(N)(=O)=O)c2)C1.Cl. The zero-order valence-corrected chi connectivity index (χ0v) is 15.5. The highest BCUT2D eigenvalue weighted by Gasteiger charge is 2.35. The minimum absolute atomic E-state index is 0. The molecule has 1 aliphatic rings. The summed E-state index contributed by atoms with van der Waals surface area (Å²) in [5.74, 6) is -0.813. The lowest BCUT2D eigenvalue weighted by atomic mass is 10.1. The van der Waals surface area contributed by atoms with Crippen molar-refractivity contribution in [3.63, 3.8) is 0 Å². The number of nitrogens with two attached hydrogens (primary N) is 1. The molecular weight excluding hydrogens is 368 g/mol. The van der Waals surface area contributed by atoms with Crippen molar-refractivity contribution < 1.29 is 18.0 Å². The van der Waals surface area contributed by atoms with E-state index in [1.807, 2.05) is 7.05 Å². The van der Waals surface area contributed by atoms with Gasteiger partial charge in [0.25, 0.3) is 0 Å². The number of anilines is 1. The van der Waals surface area contributed by atoms with Crippen molar-refractivity contribution >= 4 is 39.9 Å². The van der Waals surface area contributed by atoms with Crippen LogP contribution in [0.4, 0.5) is 5.69 Å². The molecule has 0 aromatic heterocycles. The number of carbonyl (C=O) groups is 2. The number of nitrogens with zero attached hydrogens (tertiary/aromatic N) is 1. The van der Waals surface area contributed by atoms with Crippen molar-refractivity contribution in [1.29, 1.82) is 0 Å². The number of hydrogen-bond acceptors (Lipinski definition) is 5. The number of carbonyl (C=O) groups excluding carboxylic acids is 2. The summed E-state index contributed by atoms with van der Waals surface area (Å²) >= 11 is 0. The second-order valence-corrected chi connectivity index (χ2v) is 7.26. The molecule has 1 fully saturated rings. The van der Waals surface area contributed by atoms with Gasteiger partial charge in [0.15, 0.2) is 0 Å². The molecule has 0 saturated carbocycles. The Bertz CT molecular complexity index is 726. The van der Waals surface area contributed by atoms with Crippen LogP contribution in [-0.2, 0) is 19.6 Å². The van der Waals surface area contributed by atoms with Crippen LogP contribution in [0.2, 0.25) is 0 Å². The van der Waals surface area contributed by atoms with Gasteiger partial charge in [0.2, 0.25) is 21.8 Å². The highest BCUT2D eigenvalue weighted by molar-refractivity contribution is 7.89. The lowest BCUT2D eigenvalue weighted by Gasteiger charge is -2.17. The lowest BCUT2D eigenvalue weighted by Crippen LogP contribution is -2.34. The predicted molar refractivity (Wildman–Crippen MR) is 97.1 cm³/mol. The first-order valence-corrected chi connectivity index (χ1v) is 9.23. The van der Waals surface area contributed by atoms with Crippen LogP contribution in [0.15, 0.2) is 29.2 Å². The summed E-state index contributed by atoms with van der Waals surface area (Å²) in [6, 6.07) is 5.86. The molecule has 1 aliphatic heterocycles. The molecule has 0 bridgehead atoms. The molecule has 2 rings (SSSR count). The average Bonchev–Trinajstić information content (AvgIpc) is 2.93. The maximum atomic E-state index is 12.2. The largest absolute Gasteiger partial charge is 0.356 e. The van der Waals surface area contributed by atoms with Gasteiger partial charge < -0.3 is 15.5 Å². The topological polar surface area (TPSA) is 122 Å². The second kappa shape index (κ2) is 9.14. The van der Waals surface area contributed by atoms with E-state index in [9.17, 15) is 18.0 Å². The van der Waals surface area contributed by atoms with E-state index in [1.165, 1.54) is 23.1 Å². The first kappa shape index (κ1) is 21.4. The van der Waals surface area contributed by atoms with Gasteiger partial charge >= 0.3 is 0 Å². The van der Waals surface area contributed by atoms with Gasteiger partial charge in [-0.1, -0.05) is 6.07 Å². The van der Waals surface area contributed by atoms with Gasteiger partial charge in [-0.2, -0.15) is 0 Å². The highest BCUT2D eigenvalue weighted by Crippen LogP contribution is 2.26. The van der Waals surface area contributed by atoms with E-state index < -0.39 is 15.9 Å². The molecule has 1 saturated heterocycles. The van der Waals surface area contributed by atoms with Crippen molar-refractivity contribution in [3.05, 3.63) is 24.3 Å². The van der Waals surface area contributed by atoms with Crippen LogP contribution in [0.5, 0.6) is 0 Å². The zero-order chi connectivity index (χ0) is 17.7. The molecule has 1 heterocycles. The summed E-state index contributed by atoms with van der Waals surface area (Å²) in [5.41, 5.74) is 0.428. The summed E-state index contributed by atoms with van der Waals surface area (Å²) in [4.78, 5) is 25.7. The van der Waals surface area contributed by atoms with Gasteiger partial charge in [-0.15, -0.1) is 12.4 Å². The number of sulfonamides is 1. The van der Waals surface area contributed by atoms with E-state index in [4.69, 9.17) is 5.14 Å². The minimum atomic E-state index is -3.84. The molecule has 8 nitrogen and oxygen atoms in total. The minimum Gasteiger partial charge on any atom is -0.356 e. The van der Waals surface area contributed by atoms with Gasteiger partial charge in [-0.25, -0.2) is 13.6 Å². The van der Waals surface area contributed by atoms with Gasteiger partial charge in [0.1, 0.15) is 0 Å². The van der Waals surface area contributed by atoms with E-state index >= 15 is 0 Å². The molecule has 1 atom stereocenters. The van der Waals surface area contributed by atoms with Gasteiger partial charge in [-0.05, 0) is 38.2 Å². The number of primary sulfonamides is 1. The number of amides is 2. The third kappa shape index (κ3) is 5.67. The molecule has 2 amide bonds. The Kier molecular flexibility index (Phi) is 7.81. The Morgan fingerprint density at radius 2 is 2.08 bits per heavy atom. The monoisotopic (exact) mass is 390 g/mol. The number of nitrogens with one attached hydrogen (secondary N) is 2. The molecule has 0 aliphatic carbocycles. The van der Waals surface area contributed by atoms with Crippen LogP contribution in [0.25, 0.3) is 0 Å². The van der Waals surface area contributed by atoms with Crippen molar-refractivity contribution in [1.82, 2.24) is 10.6 Å². The van der Waals surface area contributed by atoms with E-state index in [1.54, 1.807) is 6.07 Å². The third-order valence-corrected chi connectivity index (χ3v) is 4.77. The standard InChI is InChI=1S/C15H22N4O4S.ClH/c1-17-6-3-7-18-15(21)11-8-14(20)19(10-11)12-4-2-5-13(9-12)24(16,22)23;/h2,4-5,9,11,17H,3,6-8,10H2,1H3,(H,18,21)(H2,16,22,23);1H. The summed E-state index contributed by atoms with van der Waals surface area (Å²) in [7, 11) is -2.00. The van der Waals surface area contributed by atoms with Crippen LogP contribution >= 0.6 is 12.4 Å². The maximum Gasteiger partial charge on any atom is 0.238 e. The van der Waals surface area contributed by atoms with E-state index in [0.29, 0.717) is 12.2 Å². The van der Waals surface area contributed by atoms with Crippen LogP contribution < -0.4 is 20.7 Å². The van der Waals surface area contributed by atoms with Crippen LogP contribution in [0.1, 0.15) is 12.8 Å². The number of halogens is 1. The fourth-order valence-electron chi connectivity index (χ4n) is 2.58. The summed E-state index contributed by atoms with van der Waals surface area (Å²) in [6.07, 6.45) is 0.917. The lowest BCUT2D eigenvalue weighted by molar-refractivity contribution is -0.126. The average molecular weight is 391 g/mol. The quantitative estimate of drug-likeness (QED) is 0.558. The van der Waals surface area contributed by atoms with Gasteiger partial charge in [0, 0.05) is 25.2 Å². The molecule has 25 heavy (non-hydrogen) atoms. The molecule has 0 radical (unpaired) electrons. The third-order valence-electron chi connectivity index (χ3n) is 3.86. The zero-order valence-electron chi connectivity index (χ0n) is 13.9. The molecule has 1 aromatic carbocycles. The highest BCUT2D eigenvalue weighted by atomic mass is 35.5. The first-order valence-electron chi connectivity index (χ1n) is 7.68. The van der Waals surface area contributed by atoms with Crippen molar-refractivity contribution in [2.45, 2.75) is 17.7 Å². The van der Waals surface area contributed by atoms with Crippen molar-refractivity contribution in [2.75, 3.05) is 31.6 Å². The molecular formula is C15H23ClN4O4S. The number of benzene rings is 1. The molecule has 10 heteroatoms. The summed E-state index contributed by atoms with van der Waals surface area (Å²) in [6.45, 7) is 1.58. The van der Waals surface area contributed by atoms with Crippen LogP contribution in [-0.4, -0.2) is 46.9 Å². The molecule has 0 spiro atoms. The van der Waals surface area contributed by atoms with Crippen LogP contribution in [0.3, 0.4) is 0 Å². The molecule has 140 valence electrons. The molecule has 1 aromatic rings. The Morgan fingerprint density at radius 3 is 2.72 bits per heavy atom. The fraction of sp³-hybridized carbons (Fsp3) is 0.467. The van der Waals surface area contributed by atoms with E-state index in [-0.39, 0.29) is 42.1 Å². The smallest absolute Gasteiger partial charge is 0.238 e. The maximum absolute atomic E-state index is 12.2. The number of rotatable bonds is 7. The normalized spacial score (nSPS) is 17.3. The second-order valence-electron chi connectivity index (χ2n) is 5.70. The molecule has 1 unspecified atom stereocenters. The van der Waals surface area contributed by atoms with Crippen molar-refractivity contribution in [3.8, 4) is 0 Å². The first-order chi connectivity index (χ1) is 11.3. The summed E-state index contributed by atoms with van der Waals surface area (Å²) < 4.78 is 22.9. The van der Waals surface area contributed by atoms with Crippen LogP contribution in [0, 0.1) is 5.92 Å². The molecule has 4 N–H and O–H groups in total. The number of hydrogen-bond donors (Lipinski definition) is 3. The van der Waals surface area contributed by atoms with Crippen molar-refractivity contribution in [2.24, 2.45) is 11.1 Å². The van der Waals surface area contributed by atoms with Gasteiger partial charge in [0.05, 0.1) is 10.8 Å². The van der Waals surface area contributed by atoms with Gasteiger partial charge in [-0.3, -0.25) is 9.59 Å². The fourth-order valence-corrected chi connectivity index (χ4v) is 3.14. The Morgan fingerprint density at radius 1 is 1.36 bits per heavy atom. The summed E-state index contributed by atoms with van der Waals surface area (Å²) in [5, 5.41) is 10.9.